The minimum absolute atomic E-state index is 0.242. The number of likely N-dealkylation sites (tertiary alicyclic amines) is 1. The van der Waals surface area contributed by atoms with Gasteiger partial charge in [0.2, 0.25) is 0 Å². The first kappa shape index (κ1) is 10.5. The molecule has 2 atom stereocenters. The van der Waals surface area contributed by atoms with Crippen LogP contribution in [0.15, 0.2) is 18.5 Å². The lowest BCUT2D eigenvalue weighted by Gasteiger charge is -2.22. The normalized spacial score (nSPS) is 27.1. The molecule has 3 nitrogen and oxygen atoms in total. The molecular weight excluding hydrogens is 193 g/mol. The lowest BCUT2D eigenvalue weighted by Crippen LogP contribution is -2.36. The van der Waals surface area contributed by atoms with Crippen LogP contribution in [-0.2, 0) is 6.54 Å². The Morgan fingerprint density at radius 2 is 2.40 bits per heavy atom. The second-order valence-electron chi connectivity index (χ2n) is 4.18. The van der Waals surface area contributed by atoms with Gasteiger partial charge in [-0.1, -0.05) is 0 Å². The Bertz CT molecular complexity index is 342. The summed E-state index contributed by atoms with van der Waals surface area (Å²) in [6.45, 7) is 3.84. The molecule has 1 saturated heterocycles. The lowest BCUT2D eigenvalue weighted by atomic mass is 10.1. The summed E-state index contributed by atoms with van der Waals surface area (Å²) in [4.78, 5) is 6.10. The van der Waals surface area contributed by atoms with Crippen LogP contribution < -0.4 is 5.73 Å². The van der Waals surface area contributed by atoms with Crippen LogP contribution in [0.4, 0.5) is 4.39 Å². The van der Waals surface area contributed by atoms with Gasteiger partial charge in [-0.3, -0.25) is 9.88 Å². The quantitative estimate of drug-likeness (QED) is 0.794. The SMILES string of the molecule is CC1C(N)CCN1Cc1cncc(F)c1. The Labute approximate surface area is 89.1 Å². The first-order valence-corrected chi connectivity index (χ1v) is 5.26. The molecule has 2 unspecified atom stereocenters. The summed E-state index contributed by atoms with van der Waals surface area (Å²) in [5.41, 5.74) is 6.83. The van der Waals surface area contributed by atoms with Crippen molar-refractivity contribution >= 4 is 0 Å². The van der Waals surface area contributed by atoms with Gasteiger partial charge in [-0.05, 0) is 25.0 Å². The van der Waals surface area contributed by atoms with Crippen molar-refractivity contribution in [2.45, 2.75) is 32.0 Å². The second-order valence-corrected chi connectivity index (χ2v) is 4.18. The summed E-state index contributed by atoms with van der Waals surface area (Å²) in [5.74, 6) is -0.274. The second kappa shape index (κ2) is 4.24. The molecule has 1 fully saturated rings. The molecule has 15 heavy (non-hydrogen) atoms. The van der Waals surface area contributed by atoms with Crippen LogP contribution >= 0.6 is 0 Å². The molecule has 0 aromatic carbocycles. The molecule has 0 bridgehead atoms. The Morgan fingerprint density at radius 1 is 1.60 bits per heavy atom. The lowest BCUT2D eigenvalue weighted by molar-refractivity contribution is 0.251. The van der Waals surface area contributed by atoms with E-state index in [1.807, 2.05) is 0 Å². The van der Waals surface area contributed by atoms with Crippen LogP contribution in [0, 0.1) is 5.82 Å². The van der Waals surface area contributed by atoms with Crippen molar-refractivity contribution in [1.82, 2.24) is 9.88 Å². The first-order valence-electron chi connectivity index (χ1n) is 5.26. The number of nitrogens with zero attached hydrogens (tertiary/aromatic N) is 2. The third-order valence-electron chi connectivity index (χ3n) is 3.09. The summed E-state index contributed by atoms with van der Waals surface area (Å²) in [7, 11) is 0. The standard InChI is InChI=1S/C11H16FN3/c1-8-11(13)2-3-15(8)7-9-4-10(12)6-14-5-9/h4-6,8,11H,2-3,7,13H2,1H3. The molecule has 1 aromatic heterocycles. The van der Waals surface area contributed by atoms with Gasteiger partial charge < -0.3 is 5.73 Å². The van der Waals surface area contributed by atoms with E-state index in [-0.39, 0.29) is 11.9 Å². The van der Waals surface area contributed by atoms with Gasteiger partial charge in [0, 0.05) is 31.4 Å². The average molecular weight is 209 g/mol. The molecular formula is C11H16FN3. The van der Waals surface area contributed by atoms with Gasteiger partial charge in [0.05, 0.1) is 6.20 Å². The van der Waals surface area contributed by atoms with Crippen molar-refractivity contribution in [1.29, 1.82) is 0 Å². The minimum atomic E-state index is -0.274. The van der Waals surface area contributed by atoms with Crippen LogP contribution in [0.3, 0.4) is 0 Å². The zero-order valence-corrected chi connectivity index (χ0v) is 8.86. The Morgan fingerprint density at radius 3 is 3.00 bits per heavy atom. The number of halogens is 1. The van der Waals surface area contributed by atoms with E-state index in [1.165, 1.54) is 12.3 Å². The van der Waals surface area contributed by atoms with Crippen molar-refractivity contribution in [2.24, 2.45) is 5.73 Å². The number of rotatable bonds is 2. The molecule has 0 amide bonds. The van der Waals surface area contributed by atoms with Crippen molar-refractivity contribution in [2.75, 3.05) is 6.54 Å². The summed E-state index contributed by atoms with van der Waals surface area (Å²) in [6.07, 6.45) is 3.95. The van der Waals surface area contributed by atoms with E-state index in [9.17, 15) is 4.39 Å². The van der Waals surface area contributed by atoms with E-state index < -0.39 is 0 Å². The van der Waals surface area contributed by atoms with Crippen molar-refractivity contribution in [3.63, 3.8) is 0 Å². The Hall–Kier alpha value is -1.00. The number of hydrogen-bond donors (Lipinski definition) is 1. The van der Waals surface area contributed by atoms with E-state index >= 15 is 0 Å². The highest BCUT2D eigenvalue weighted by Gasteiger charge is 2.27. The molecule has 0 radical (unpaired) electrons. The molecule has 2 rings (SSSR count). The molecule has 1 aromatic rings. The molecule has 1 aliphatic rings. The van der Waals surface area contributed by atoms with Crippen molar-refractivity contribution < 1.29 is 4.39 Å². The van der Waals surface area contributed by atoms with Gasteiger partial charge in [-0.25, -0.2) is 4.39 Å². The highest BCUT2D eigenvalue weighted by Crippen LogP contribution is 2.18. The maximum absolute atomic E-state index is 12.9. The van der Waals surface area contributed by atoms with Gasteiger partial charge in [0.25, 0.3) is 0 Å². The molecule has 0 spiro atoms. The van der Waals surface area contributed by atoms with Crippen LogP contribution in [0.2, 0.25) is 0 Å². The van der Waals surface area contributed by atoms with E-state index in [0.29, 0.717) is 6.04 Å². The van der Waals surface area contributed by atoms with Gasteiger partial charge in [0.15, 0.2) is 0 Å². The molecule has 0 saturated carbocycles. The molecule has 4 heteroatoms. The minimum Gasteiger partial charge on any atom is -0.326 e. The van der Waals surface area contributed by atoms with E-state index in [2.05, 4.69) is 16.8 Å². The summed E-state index contributed by atoms with van der Waals surface area (Å²) in [5, 5.41) is 0. The fourth-order valence-electron chi connectivity index (χ4n) is 2.03. The highest BCUT2D eigenvalue weighted by atomic mass is 19.1. The Kier molecular flexibility index (Phi) is 2.98. The Balaban J connectivity index is 2.03. The molecule has 0 aliphatic carbocycles. The first-order chi connectivity index (χ1) is 7.16. The van der Waals surface area contributed by atoms with Crippen molar-refractivity contribution in [3.05, 3.63) is 29.8 Å². The van der Waals surface area contributed by atoms with Gasteiger partial charge in [-0.2, -0.15) is 0 Å². The maximum Gasteiger partial charge on any atom is 0.141 e. The summed E-state index contributed by atoms with van der Waals surface area (Å²) >= 11 is 0. The topological polar surface area (TPSA) is 42.1 Å². The van der Waals surface area contributed by atoms with E-state index in [4.69, 9.17) is 5.73 Å². The number of pyridine rings is 1. The number of nitrogens with two attached hydrogens (primary N) is 1. The summed E-state index contributed by atoms with van der Waals surface area (Å²) < 4.78 is 12.9. The molecule has 2 N–H and O–H groups in total. The van der Waals surface area contributed by atoms with Crippen LogP contribution in [0.1, 0.15) is 18.9 Å². The predicted molar refractivity (Wildman–Crippen MR) is 56.7 cm³/mol. The van der Waals surface area contributed by atoms with E-state index in [1.54, 1.807) is 6.20 Å². The zero-order valence-electron chi connectivity index (χ0n) is 8.86. The largest absolute Gasteiger partial charge is 0.326 e. The fraction of sp³-hybridized carbons (Fsp3) is 0.545. The molecule has 82 valence electrons. The van der Waals surface area contributed by atoms with Gasteiger partial charge in [-0.15, -0.1) is 0 Å². The third kappa shape index (κ3) is 2.33. The van der Waals surface area contributed by atoms with Gasteiger partial charge in [0.1, 0.15) is 5.82 Å². The average Bonchev–Trinajstić information content (AvgIpc) is 2.50. The smallest absolute Gasteiger partial charge is 0.141 e. The predicted octanol–water partition coefficient (Wildman–Crippen LogP) is 1.14. The third-order valence-corrected chi connectivity index (χ3v) is 3.09. The number of hydrogen-bond acceptors (Lipinski definition) is 3. The summed E-state index contributed by atoms with van der Waals surface area (Å²) in [6, 6.07) is 2.14. The zero-order chi connectivity index (χ0) is 10.8. The highest BCUT2D eigenvalue weighted by molar-refractivity contribution is 5.10. The monoisotopic (exact) mass is 209 g/mol. The van der Waals surface area contributed by atoms with E-state index in [0.717, 1.165) is 25.1 Å². The maximum atomic E-state index is 12.9. The van der Waals surface area contributed by atoms with Crippen LogP contribution in [-0.4, -0.2) is 28.5 Å². The van der Waals surface area contributed by atoms with Crippen LogP contribution in [0.5, 0.6) is 0 Å². The van der Waals surface area contributed by atoms with Crippen LogP contribution in [0.25, 0.3) is 0 Å². The number of aromatic nitrogens is 1. The molecule has 1 aliphatic heterocycles. The van der Waals surface area contributed by atoms with Gasteiger partial charge >= 0.3 is 0 Å². The van der Waals surface area contributed by atoms with Crippen molar-refractivity contribution in [3.8, 4) is 0 Å². The molecule has 2 heterocycles. The fourth-order valence-corrected chi connectivity index (χ4v) is 2.03.